The summed E-state index contributed by atoms with van der Waals surface area (Å²) in [6, 6.07) is 5.58. The molecule has 1 saturated heterocycles. The quantitative estimate of drug-likeness (QED) is 0.799. The fourth-order valence-corrected chi connectivity index (χ4v) is 4.03. The molecule has 1 fully saturated rings. The number of methoxy groups -OCH3 is 2. The fourth-order valence-electron chi connectivity index (χ4n) is 3.31. The van der Waals surface area contributed by atoms with Crippen LogP contribution in [0.1, 0.15) is 26.2 Å². The number of ether oxygens (including phenoxy) is 2. The lowest BCUT2D eigenvalue weighted by Crippen LogP contribution is -2.43. The molecule has 0 bridgehead atoms. The van der Waals surface area contributed by atoms with Gasteiger partial charge in [-0.1, -0.05) is 6.92 Å². The van der Waals surface area contributed by atoms with E-state index in [2.05, 4.69) is 10.3 Å². The summed E-state index contributed by atoms with van der Waals surface area (Å²) in [6.07, 6.45) is 2.10. The maximum Gasteiger partial charge on any atom is 0.231 e. The molecule has 2 amide bonds. The molecule has 1 aliphatic rings. The van der Waals surface area contributed by atoms with Gasteiger partial charge in [-0.15, -0.1) is 11.3 Å². The maximum absolute atomic E-state index is 12.6. The Hall–Kier alpha value is -2.61. The van der Waals surface area contributed by atoms with Gasteiger partial charge in [0.15, 0.2) is 16.6 Å². The first kappa shape index (κ1) is 20.1. The third-order valence-electron chi connectivity index (χ3n) is 4.86. The Labute approximate surface area is 168 Å². The highest BCUT2D eigenvalue weighted by atomic mass is 32.1. The number of thiazole rings is 1. The van der Waals surface area contributed by atoms with Gasteiger partial charge in [0.25, 0.3) is 0 Å². The van der Waals surface area contributed by atoms with Gasteiger partial charge in [-0.25, -0.2) is 4.98 Å². The highest BCUT2D eigenvalue weighted by Crippen LogP contribution is 2.33. The van der Waals surface area contributed by atoms with Crippen molar-refractivity contribution in [3.8, 4) is 22.8 Å². The van der Waals surface area contributed by atoms with Crippen molar-refractivity contribution in [3.63, 3.8) is 0 Å². The molecule has 3 rings (SSSR count). The molecule has 0 saturated carbocycles. The molecule has 0 aliphatic carbocycles. The van der Waals surface area contributed by atoms with Crippen LogP contribution in [0.2, 0.25) is 0 Å². The minimum Gasteiger partial charge on any atom is -0.493 e. The predicted molar refractivity (Wildman–Crippen MR) is 109 cm³/mol. The first-order valence-corrected chi connectivity index (χ1v) is 10.2. The van der Waals surface area contributed by atoms with E-state index in [-0.39, 0.29) is 17.7 Å². The predicted octanol–water partition coefficient (Wildman–Crippen LogP) is 3.41. The van der Waals surface area contributed by atoms with Gasteiger partial charge in [0.2, 0.25) is 11.8 Å². The summed E-state index contributed by atoms with van der Waals surface area (Å²) in [5.41, 5.74) is 1.64. The number of aromatic nitrogens is 1. The summed E-state index contributed by atoms with van der Waals surface area (Å²) in [5.74, 6) is 1.10. The molecule has 1 aromatic carbocycles. The molecular formula is C20H25N3O4S. The number of anilines is 1. The van der Waals surface area contributed by atoms with Crippen molar-refractivity contribution in [2.75, 3.05) is 32.6 Å². The molecular weight excluding hydrogens is 378 g/mol. The number of amides is 2. The molecule has 1 unspecified atom stereocenters. The standard InChI is InChI=1S/C20H25N3O4S/c1-4-18(24)23-9-5-6-14(11-23)19(25)22-20-21-15(12-28-20)13-7-8-16(26-2)17(10-13)27-3/h7-8,10,12,14H,4-6,9,11H2,1-3H3,(H,21,22,25). The number of hydrogen-bond acceptors (Lipinski definition) is 6. The lowest BCUT2D eigenvalue weighted by atomic mass is 9.97. The Morgan fingerprint density at radius 2 is 2.07 bits per heavy atom. The van der Waals surface area contributed by atoms with E-state index in [4.69, 9.17) is 9.47 Å². The smallest absolute Gasteiger partial charge is 0.231 e. The van der Waals surface area contributed by atoms with E-state index >= 15 is 0 Å². The largest absolute Gasteiger partial charge is 0.493 e. The summed E-state index contributed by atoms with van der Waals surface area (Å²) in [7, 11) is 3.18. The number of piperidine rings is 1. The normalized spacial score (nSPS) is 16.5. The van der Waals surface area contributed by atoms with Crippen LogP contribution in [0.15, 0.2) is 23.6 Å². The van der Waals surface area contributed by atoms with Gasteiger partial charge in [0.1, 0.15) is 0 Å². The van der Waals surface area contributed by atoms with Crippen molar-refractivity contribution in [1.82, 2.24) is 9.88 Å². The van der Waals surface area contributed by atoms with Crippen molar-refractivity contribution in [2.45, 2.75) is 26.2 Å². The second-order valence-corrected chi connectivity index (χ2v) is 7.49. The average molecular weight is 404 g/mol. The fraction of sp³-hybridized carbons (Fsp3) is 0.450. The molecule has 8 heteroatoms. The van der Waals surface area contributed by atoms with E-state index in [1.807, 2.05) is 30.5 Å². The zero-order valence-electron chi connectivity index (χ0n) is 16.4. The lowest BCUT2D eigenvalue weighted by molar-refractivity contribution is -0.134. The molecule has 1 aliphatic heterocycles. The van der Waals surface area contributed by atoms with E-state index < -0.39 is 0 Å². The number of hydrogen-bond donors (Lipinski definition) is 1. The summed E-state index contributed by atoms with van der Waals surface area (Å²) in [4.78, 5) is 30.9. The minimum atomic E-state index is -0.197. The van der Waals surface area contributed by atoms with Crippen molar-refractivity contribution in [1.29, 1.82) is 0 Å². The number of benzene rings is 1. The first-order chi connectivity index (χ1) is 13.5. The number of carbonyl (C=O) groups is 2. The summed E-state index contributed by atoms with van der Waals surface area (Å²) in [5, 5.41) is 5.35. The molecule has 2 aromatic rings. The monoisotopic (exact) mass is 403 g/mol. The summed E-state index contributed by atoms with van der Waals surface area (Å²) < 4.78 is 10.6. The second-order valence-electron chi connectivity index (χ2n) is 6.63. The third-order valence-corrected chi connectivity index (χ3v) is 5.62. The molecule has 150 valence electrons. The van der Waals surface area contributed by atoms with E-state index in [9.17, 15) is 9.59 Å². The van der Waals surface area contributed by atoms with Crippen molar-refractivity contribution >= 4 is 28.3 Å². The summed E-state index contributed by atoms with van der Waals surface area (Å²) in [6.45, 7) is 3.06. The molecule has 1 atom stereocenters. The summed E-state index contributed by atoms with van der Waals surface area (Å²) >= 11 is 1.38. The van der Waals surface area contributed by atoms with Crippen LogP contribution in [0, 0.1) is 5.92 Å². The van der Waals surface area contributed by atoms with Crippen LogP contribution in [0.5, 0.6) is 11.5 Å². The highest BCUT2D eigenvalue weighted by molar-refractivity contribution is 7.14. The van der Waals surface area contributed by atoms with Crippen LogP contribution in [-0.2, 0) is 9.59 Å². The van der Waals surface area contributed by atoms with E-state index in [0.717, 1.165) is 30.6 Å². The first-order valence-electron chi connectivity index (χ1n) is 9.32. The van der Waals surface area contributed by atoms with E-state index in [1.165, 1.54) is 11.3 Å². The van der Waals surface area contributed by atoms with Crippen LogP contribution in [-0.4, -0.2) is 49.0 Å². The SMILES string of the molecule is CCC(=O)N1CCCC(C(=O)Nc2nc(-c3ccc(OC)c(OC)c3)cs2)C1. The highest BCUT2D eigenvalue weighted by Gasteiger charge is 2.28. The number of rotatable bonds is 6. The third kappa shape index (κ3) is 4.44. The average Bonchev–Trinajstić information content (AvgIpc) is 3.21. The number of likely N-dealkylation sites (tertiary alicyclic amines) is 1. The molecule has 1 N–H and O–H groups in total. The molecule has 0 spiro atoms. The lowest BCUT2D eigenvalue weighted by Gasteiger charge is -2.31. The van der Waals surface area contributed by atoms with Crippen LogP contribution in [0.3, 0.4) is 0 Å². The Bertz CT molecular complexity index is 852. The second kappa shape index (κ2) is 9.05. The van der Waals surface area contributed by atoms with Gasteiger partial charge in [-0.2, -0.15) is 0 Å². The van der Waals surface area contributed by atoms with Gasteiger partial charge < -0.3 is 19.7 Å². The minimum absolute atomic E-state index is 0.0817. The van der Waals surface area contributed by atoms with Crippen LogP contribution in [0.25, 0.3) is 11.3 Å². The van der Waals surface area contributed by atoms with Crippen LogP contribution in [0.4, 0.5) is 5.13 Å². The van der Waals surface area contributed by atoms with Gasteiger partial charge in [-0.05, 0) is 31.0 Å². The molecule has 28 heavy (non-hydrogen) atoms. The Morgan fingerprint density at radius 3 is 2.79 bits per heavy atom. The Morgan fingerprint density at radius 1 is 1.29 bits per heavy atom. The van der Waals surface area contributed by atoms with Crippen LogP contribution >= 0.6 is 11.3 Å². The number of nitrogens with one attached hydrogen (secondary N) is 1. The van der Waals surface area contributed by atoms with Gasteiger partial charge >= 0.3 is 0 Å². The van der Waals surface area contributed by atoms with Crippen molar-refractivity contribution in [2.24, 2.45) is 5.92 Å². The molecule has 7 nitrogen and oxygen atoms in total. The van der Waals surface area contributed by atoms with Gasteiger partial charge in [0, 0.05) is 30.5 Å². The number of nitrogens with zero attached hydrogens (tertiary/aromatic N) is 2. The zero-order valence-corrected chi connectivity index (χ0v) is 17.2. The Balaban J connectivity index is 1.67. The maximum atomic E-state index is 12.6. The van der Waals surface area contributed by atoms with Gasteiger partial charge in [-0.3, -0.25) is 9.59 Å². The van der Waals surface area contributed by atoms with Crippen molar-refractivity contribution < 1.29 is 19.1 Å². The van der Waals surface area contributed by atoms with E-state index in [0.29, 0.717) is 29.6 Å². The Kier molecular flexibility index (Phi) is 6.51. The van der Waals surface area contributed by atoms with Crippen molar-refractivity contribution in [3.05, 3.63) is 23.6 Å². The van der Waals surface area contributed by atoms with Gasteiger partial charge in [0.05, 0.1) is 25.8 Å². The molecule has 2 heterocycles. The zero-order chi connectivity index (χ0) is 20.1. The van der Waals surface area contributed by atoms with Crippen LogP contribution < -0.4 is 14.8 Å². The molecule has 0 radical (unpaired) electrons. The van der Waals surface area contributed by atoms with E-state index in [1.54, 1.807) is 19.1 Å². The molecule has 1 aromatic heterocycles. The topological polar surface area (TPSA) is 80.8 Å². The number of carbonyl (C=O) groups excluding carboxylic acids is 2.